The Labute approximate surface area is 152 Å². The average molecular weight is 356 g/mol. The predicted molar refractivity (Wildman–Crippen MR) is 94.5 cm³/mol. The number of fused-ring (bicyclic) bond motifs is 1. The topological polar surface area (TPSA) is 80.5 Å². The molecule has 0 spiro atoms. The smallest absolute Gasteiger partial charge is 0.226 e. The lowest BCUT2D eigenvalue weighted by Crippen LogP contribution is -2.48. The van der Waals surface area contributed by atoms with Crippen molar-refractivity contribution >= 4 is 5.91 Å². The van der Waals surface area contributed by atoms with Gasteiger partial charge in [-0.1, -0.05) is 6.07 Å². The molecule has 1 unspecified atom stereocenters. The van der Waals surface area contributed by atoms with Gasteiger partial charge in [-0.15, -0.1) is 0 Å². The molecule has 1 aliphatic carbocycles. The fourth-order valence-electron chi connectivity index (χ4n) is 3.78. The minimum Gasteiger partial charge on any atom is -0.477 e. The van der Waals surface area contributed by atoms with E-state index in [0.29, 0.717) is 31.9 Å². The number of pyridine rings is 1. The Morgan fingerprint density at radius 3 is 2.88 bits per heavy atom. The highest BCUT2D eigenvalue weighted by Crippen LogP contribution is 2.33. The van der Waals surface area contributed by atoms with Crippen LogP contribution in [-0.4, -0.2) is 49.7 Å². The molecule has 7 heteroatoms. The van der Waals surface area contributed by atoms with Crippen molar-refractivity contribution in [3.8, 4) is 5.88 Å². The van der Waals surface area contributed by atoms with E-state index in [0.717, 1.165) is 24.5 Å². The van der Waals surface area contributed by atoms with Crippen molar-refractivity contribution in [2.75, 3.05) is 13.2 Å². The number of hydrogen-bond acceptors (Lipinski definition) is 5. The zero-order valence-corrected chi connectivity index (χ0v) is 14.9. The molecular formula is C19H24N4O3. The number of hydrogen-bond donors (Lipinski definition) is 1. The quantitative estimate of drug-likeness (QED) is 0.880. The van der Waals surface area contributed by atoms with Crippen molar-refractivity contribution in [3.63, 3.8) is 0 Å². The summed E-state index contributed by atoms with van der Waals surface area (Å²) in [6.45, 7) is 4.00. The molecule has 0 aromatic carbocycles. The third-order valence-corrected chi connectivity index (χ3v) is 5.37. The van der Waals surface area contributed by atoms with E-state index in [1.807, 2.05) is 36.2 Å². The lowest BCUT2D eigenvalue weighted by molar-refractivity contribution is -0.145. The Hall–Kier alpha value is -2.41. The van der Waals surface area contributed by atoms with Crippen LogP contribution in [0.3, 0.4) is 0 Å². The second-order valence-electron chi connectivity index (χ2n) is 7.06. The summed E-state index contributed by atoms with van der Waals surface area (Å²) in [7, 11) is 0. The van der Waals surface area contributed by atoms with Crippen molar-refractivity contribution in [3.05, 3.63) is 42.1 Å². The molecule has 2 aliphatic rings. The summed E-state index contributed by atoms with van der Waals surface area (Å²) in [6, 6.07) is 5.56. The van der Waals surface area contributed by atoms with Crippen molar-refractivity contribution in [2.45, 2.75) is 44.9 Å². The van der Waals surface area contributed by atoms with Gasteiger partial charge in [-0.3, -0.25) is 4.79 Å². The third kappa shape index (κ3) is 3.19. The predicted octanol–water partition coefficient (Wildman–Crippen LogP) is 1.57. The van der Waals surface area contributed by atoms with Gasteiger partial charge in [0, 0.05) is 49.6 Å². The molecule has 1 saturated carbocycles. The molecule has 138 valence electrons. The van der Waals surface area contributed by atoms with Gasteiger partial charge in [0.25, 0.3) is 0 Å². The Morgan fingerprint density at radius 1 is 1.31 bits per heavy atom. The van der Waals surface area contributed by atoms with Gasteiger partial charge in [0.2, 0.25) is 11.8 Å². The van der Waals surface area contributed by atoms with Gasteiger partial charge in [0.05, 0.1) is 18.8 Å². The van der Waals surface area contributed by atoms with Crippen LogP contribution in [0.15, 0.2) is 30.6 Å². The van der Waals surface area contributed by atoms with Gasteiger partial charge in [-0.05, 0) is 25.8 Å². The van der Waals surface area contributed by atoms with Crippen molar-refractivity contribution < 1.29 is 14.6 Å². The first kappa shape index (κ1) is 17.0. The van der Waals surface area contributed by atoms with E-state index in [4.69, 9.17) is 4.74 Å². The molecule has 0 bridgehead atoms. The zero-order valence-electron chi connectivity index (χ0n) is 14.9. The minimum atomic E-state index is -0.309. The Bertz CT molecular complexity index is 770. The number of ether oxygens (including phenoxy) is 1. The second kappa shape index (κ2) is 7.07. The van der Waals surface area contributed by atoms with Crippen LogP contribution in [0, 0.1) is 5.92 Å². The average Bonchev–Trinajstić information content (AvgIpc) is 3.04. The lowest BCUT2D eigenvalue weighted by atomic mass is 9.81. The number of aliphatic hydroxyl groups is 1. The maximum atomic E-state index is 12.6. The van der Waals surface area contributed by atoms with E-state index in [2.05, 4.69) is 14.5 Å². The van der Waals surface area contributed by atoms with Crippen LogP contribution in [0.5, 0.6) is 5.88 Å². The van der Waals surface area contributed by atoms with Crippen molar-refractivity contribution in [1.82, 2.24) is 19.4 Å². The molecule has 1 fully saturated rings. The molecule has 2 aromatic rings. The summed E-state index contributed by atoms with van der Waals surface area (Å²) in [5.74, 6) is 1.67. The van der Waals surface area contributed by atoms with Crippen LogP contribution in [0.4, 0.5) is 0 Å². The molecule has 1 atom stereocenters. The van der Waals surface area contributed by atoms with Crippen LogP contribution in [-0.2, 0) is 17.8 Å². The Morgan fingerprint density at radius 2 is 2.15 bits per heavy atom. The van der Waals surface area contributed by atoms with Crippen LogP contribution in [0.2, 0.25) is 0 Å². The van der Waals surface area contributed by atoms with E-state index >= 15 is 0 Å². The minimum absolute atomic E-state index is 0.0276. The summed E-state index contributed by atoms with van der Waals surface area (Å²) < 4.78 is 7.88. The van der Waals surface area contributed by atoms with E-state index < -0.39 is 0 Å². The zero-order chi connectivity index (χ0) is 18.1. The van der Waals surface area contributed by atoms with Crippen LogP contribution in [0.1, 0.15) is 37.3 Å². The number of nitrogens with zero attached hydrogens (tertiary/aromatic N) is 4. The number of rotatable bonds is 5. The largest absolute Gasteiger partial charge is 0.477 e. The molecule has 2 aromatic heterocycles. The normalized spacial score (nSPS) is 24.7. The molecule has 1 aliphatic heterocycles. The number of carbonyl (C=O) groups is 1. The first-order valence-electron chi connectivity index (χ1n) is 9.20. The molecule has 1 amide bonds. The highest BCUT2D eigenvalue weighted by molar-refractivity contribution is 5.80. The SMILES string of the molecule is CC1c2ncc(CCOc3ccccn3)n2CCN1C(=O)C1CC(O)C1. The summed E-state index contributed by atoms with van der Waals surface area (Å²) in [6.07, 6.45) is 5.22. The number of aliphatic hydroxyl groups excluding tert-OH is 1. The van der Waals surface area contributed by atoms with E-state index in [-0.39, 0.29) is 24.0 Å². The van der Waals surface area contributed by atoms with Gasteiger partial charge in [0.15, 0.2) is 0 Å². The molecule has 0 radical (unpaired) electrons. The van der Waals surface area contributed by atoms with Crippen LogP contribution in [0.25, 0.3) is 0 Å². The van der Waals surface area contributed by atoms with Crippen molar-refractivity contribution in [1.29, 1.82) is 0 Å². The molecule has 26 heavy (non-hydrogen) atoms. The van der Waals surface area contributed by atoms with Crippen LogP contribution < -0.4 is 4.74 Å². The number of amides is 1. The van der Waals surface area contributed by atoms with Gasteiger partial charge >= 0.3 is 0 Å². The molecule has 4 rings (SSSR count). The van der Waals surface area contributed by atoms with Gasteiger partial charge in [-0.2, -0.15) is 0 Å². The first-order valence-corrected chi connectivity index (χ1v) is 9.20. The van der Waals surface area contributed by atoms with E-state index in [1.165, 1.54) is 0 Å². The van der Waals surface area contributed by atoms with Crippen molar-refractivity contribution in [2.24, 2.45) is 5.92 Å². The molecular weight excluding hydrogens is 332 g/mol. The fraction of sp³-hybridized carbons (Fsp3) is 0.526. The fourth-order valence-corrected chi connectivity index (χ4v) is 3.78. The summed E-state index contributed by atoms with van der Waals surface area (Å²) in [4.78, 5) is 23.3. The van der Waals surface area contributed by atoms with Gasteiger partial charge < -0.3 is 19.3 Å². The molecule has 3 heterocycles. The summed E-state index contributed by atoms with van der Waals surface area (Å²) in [5.41, 5.74) is 1.12. The molecule has 7 nitrogen and oxygen atoms in total. The maximum Gasteiger partial charge on any atom is 0.226 e. The van der Waals surface area contributed by atoms with Crippen LogP contribution >= 0.6 is 0 Å². The standard InChI is InChI=1S/C19H24N4O3/c1-13-18-21-12-15(5-9-26-17-4-2-3-6-20-17)23(18)8-7-22(13)19(25)14-10-16(24)11-14/h2-4,6,12-14,16,24H,5,7-11H2,1H3. The van der Waals surface area contributed by atoms with Gasteiger partial charge in [0.1, 0.15) is 5.82 Å². The number of carbonyl (C=O) groups excluding carboxylic acids is 1. The highest BCUT2D eigenvalue weighted by atomic mass is 16.5. The van der Waals surface area contributed by atoms with E-state index in [9.17, 15) is 9.90 Å². The number of aromatic nitrogens is 3. The third-order valence-electron chi connectivity index (χ3n) is 5.37. The lowest BCUT2D eigenvalue weighted by Gasteiger charge is -2.40. The van der Waals surface area contributed by atoms with E-state index in [1.54, 1.807) is 6.20 Å². The Balaban J connectivity index is 1.38. The highest BCUT2D eigenvalue weighted by Gasteiger charge is 2.39. The monoisotopic (exact) mass is 356 g/mol. The summed E-state index contributed by atoms with van der Waals surface area (Å²) in [5, 5.41) is 9.45. The molecule has 0 saturated heterocycles. The maximum absolute atomic E-state index is 12.6. The first-order chi connectivity index (χ1) is 12.6. The summed E-state index contributed by atoms with van der Waals surface area (Å²) >= 11 is 0. The Kier molecular flexibility index (Phi) is 4.63. The molecule has 1 N–H and O–H groups in total. The second-order valence-corrected chi connectivity index (χ2v) is 7.06. The number of imidazole rings is 1. The van der Waals surface area contributed by atoms with Gasteiger partial charge in [-0.25, -0.2) is 9.97 Å².